The molecule has 0 bridgehead atoms. The van der Waals surface area contributed by atoms with Crippen LogP contribution in [0.15, 0.2) is 18.2 Å². The van der Waals surface area contributed by atoms with Crippen molar-refractivity contribution in [1.29, 1.82) is 0 Å². The molecule has 1 saturated heterocycles. The lowest BCUT2D eigenvalue weighted by atomic mass is 9.89. The number of unbranched alkanes of at least 4 members (excludes halogenated alkanes) is 1. The van der Waals surface area contributed by atoms with Crippen molar-refractivity contribution in [2.75, 3.05) is 18.8 Å². The third-order valence-corrected chi connectivity index (χ3v) is 6.01. The Morgan fingerprint density at radius 2 is 1.90 bits per heavy atom. The molecule has 1 heterocycles. The van der Waals surface area contributed by atoms with Gasteiger partial charge in [0.1, 0.15) is 11.5 Å². The van der Waals surface area contributed by atoms with E-state index in [9.17, 15) is 18.6 Å². The minimum absolute atomic E-state index is 0.0378. The number of nitrogens with zero attached hydrogens (tertiary/aromatic N) is 1. The van der Waals surface area contributed by atoms with Gasteiger partial charge in [-0.15, -0.1) is 0 Å². The van der Waals surface area contributed by atoms with Gasteiger partial charge in [0.2, 0.25) is 10.0 Å². The van der Waals surface area contributed by atoms with Crippen molar-refractivity contribution < 1.29 is 18.6 Å². The number of phenols is 2. The second-order valence-corrected chi connectivity index (χ2v) is 7.67. The van der Waals surface area contributed by atoms with Crippen LogP contribution < -0.4 is 0 Å². The summed E-state index contributed by atoms with van der Waals surface area (Å²) < 4.78 is 25.9. The van der Waals surface area contributed by atoms with Gasteiger partial charge in [-0.2, -0.15) is 0 Å². The van der Waals surface area contributed by atoms with Gasteiger partial charge in [0, 0.05) is 19.2 Å². The maximum atomic E-state index is 12.1. The fraction of sp³-hybridized carbons (Fsp3) is 0.600. The summed E-state index contributed by atoms with van der Waals surface area (Å²) in [5, 5.41) is 19.2. The molecule has 6 heteroatoms. The molecule has 118 valence electrons. The molecular formula is C15H23NO4S. The summed E-state index contributed by atoms with van der Waals surface area (Å²) in [6, 6.07) is 4.61. The average Bonchev–Trinajstić information content (AvgIpc) is 2.45. The van der Waals surface area contributed by atoms with E-state index in [0.717, 1.165) is 12.0 Å². The van der Waals surface area contributed by atoms with E-state index in [1.165, 1.54) is 6.07 Å². The van der Waals surface area contributed by atoms with E-state index >= 15 is 0 Å². The molecule has 5 nitrogen and oxygen atoms in total. The summed E-state index contributed by atoms with van der Waals surface area (Å²) >= 11 is 0. The van der Waals surface area contributed by atoms with Gasteiger partial charge in [0.25, 0.3) is 0 Å². The van der Waals surface area contributed by atoms with Crippen LogP contribution in [0.3, 0.4) is 0 Å². The van der Waals surface area contributed by atoms with Gasteiger partial charge in [-0.1, -0.05) is 19.4 Å². The summed E-state index contributed by atoms with van der Waals surface area (Å²) in [6.45, 7) is 2.98. The van der Waals surface area contributed by atoms with Gasteiger partial charge >= 0.3 is 0 Å². The summed E-state index contributed by atoms with van der Waals surface area (Å²) in [4.78, 5) is 0. The first kappa shape index (κ1) is 16.1. The SMILES string of the molecule is CCCCS(=O)(=O)N1CCC(c2ccc(O)cc2O)CC1. The van der Waals surface area contributed by atoms with Gasteiger partial charge in [0.15, 0.2) is 0 Å². The molecule has 0 atom stereocenters. The van der Waals surface area contributed by atoms with Crippen LogP contribution >= 0.6 is 0 Å². The second-order valence-electron chi connectivity index (χ2n) is 5.59. The van der Waals surface area contributed by atoms with E-state index in [0.29, 0.717) is 32.4 Å². The van der Waals surface area contributed by atoms with Crippen LogP contribution in [0.4, 0.5) is 0 Å². The highest BCUT2D eigenvalue weighted by molar-refractivity contribution is 7.89. The molecule has 2 N–H and O–H groups in total. The molecule has 1 fully saturated rings. The van der Waals surface area contributed by atoms with Crippen LogP contribution in [0, 0.1) is 0 Å². The Morgan fingerprint density at radius 3 is 2.48 bits per heavy atom. The molecule has 1 aromatic rings. The van der Waals surface area contributed by atoms with E-state index in [2.05, 4.69) is 0 Å². The number of hydrogen-bond acceptors (Lipinski definition) is 4. The normalized spacial score (nSPS) is 18.0. The first-order valence-corrected chi connectivity index (χ1v) is 9.04. The van der Waals surface area contributed by atoms with Crippen LogP contribution in [0.25, 0.3) is 0 Å². The zero-order valence-electron chi connectivity index (χ0n) is 12.3. The van der Waals surface area contributed by atoms with Crippen molar-refractivity contribution in [1.82, 2.24) is 4.31 Å². The van der Waals surface area contributed by atoms with Crippen LogP contribution in [-0.4, -0.2) is 41.8 Å². The lowest BCUT2D eigenvalue weighted by Crippen LogP contribution is -2.39. The number of hydrogen-bond donors (Lipinski definition) is 2. The summed E-state index contributed by atoms with van der Waals surface area (Å²) in [6.07, 6.45) is 2.96. The monoisotopic (exact) mass is 313 g/mol. The third-order valence-electron chi connectivity index (χ3n) is 4.06. The minimum atomic E-state index is -3.14. The lowest BCUT2D eigenvalue weighted by molar-refractivity contribution is 0.314. The zero-order chi connectivity index (χ0) is 15.5. The smallest absolute Gasteiger partial charge is 0.214 e. The van der Waals surface area contributed by atoms with Crippen molar-refractivity contribution >= 4 is 10.0 Å². The van der Waals surface area contributed by atoms with Gasteiger partial charge in [-0.25, -0.2) is 12.7 Å². The number of sulfonamides is 1. The second kappa shape index (κ2) is 6.66. The maximum absolute atomic E-state index is 12.1. The van der Waals surface area contributed by atoms with E-state index in [-0.39, 0.29) is 23.2 Å². The summed E-state index contributed by atoms with van der Waals surface area (Å²) in [5.41, 5.74) is 0.790. The highest BCUT2D eigenvalue weighted by Crippen LogP contribution is 2.36. The maximum Gasteiger partial charge on any atom is 0.214 e. The molecule has 1 aliphatic heterocycles. The van der Waals surface area contributed by atoms with Gasteiger partial charge in [0.05, 0.1) is 5.75 Å². The number of phenolic OH excluding ortho intramolecular Hbond substituents is 2. The molecule has 0 aliphatic carbocycles. The Balaban J connectivity index is 2.00. The number of benzene rings is 1. The molecule has 0 spiro atoms. The molecule has 0 aromatic heterocycles. The zero-order valence-corrected chi connectivity index (χ0v) is 13.1. The molecule has 1 aromatic carbocycles. The van der Waals surface area contributed by atoms with Crippen LogP contribution in [0.1, 0.15) is 44.1 Å². The molecular weight excluding hydrogens is 290 g/mol. The van der Waals surface area contributed by atoms with Crippen LogP contribution in [0.5, 0.6) is 11.5 Å². The average molecular weight is 313 g/mol. The molecule has 21 heavy (non-hydrogen) atoms. The van der Waals surface area contributed by atoms with Crippen molar-refractivity contribution in [2.24, 2.45) is 0 Å². The molecule has 0 unspecified atom stereocenters. The third kappa shape index (κ3) is 3.89. The Kier molecular flexibility index (Phi) is 5.11. The van der Waals surface area contributed by atoms with Crippen LogP contribution in [0.2, 0.25) is 0 Å². The van der Waals surface area contributed by atoms with E-state index in [1.807, 2.05) is 6.92 Å². The molecule has 2 rings (SSSR count). The summed E-state index contributed by atoms with van der Waals surface area (Å²) in [7, 11) is -3.14. The molecule has 0 saturated carbocycles. The van der Waals surface area contributed by atoms with Crippen molar-refractivity contribution in [3.8, 4) is 11.5 Å². The highest BCUT2D eigenvalue weighted by atomic mass is 32.2. The predicted octanol–water partition coefficient (Wildman–Crippen LogP) is 2.41. The Morgan fingerprint density at radius 1 is 1.24 bits per heavy atom. The molecule has 0 amide bonds. The first-order valence-electron chi connectivity index (χ1n) is 7.43. The van der Waals surface area contributed by atoms with Crippen molar-refractivity contribution in [3.05, 3.63) is 23.8 Å². The topological polar surface area (TPSA) is 77.8 Å². The largest absolute Gasteiger partial charge is 0.508 e. The Hall–Kier alpha value is -1.27. The minimum Gasteiger partial charge on any atom is -0.508 e. The fourth-order valence-corrected chi connectivity index (χ4v) is 4.46. The standard InChI is InChI=1S/C15H23NO4S/c1-2-3-10-21(19,20)16-8-6-12(7-9-16)14-5-4-13(17)11-15(14)18/h4-5,11-12,17-18H,2-3,6-10H2,1H3. The van der Waals surface area contributed by atoms with Crippen LogP contribution in [-0.2, 0) is 10.0 Å². The fourth-order valence-electron chi connectivity index (χ4n) is 2.78. The summed E-state index contributed by atoms with van der Waals surface area (Å²) in [5.74, 6) is 0.486. The number of aromatic hydroxyl groups is 2. The Labute approximate surface area is 126 Å². The van der Waals surface area contributed by atoms with Gasteiger partial charge < -0.3 is 10.2 Å². The van der Waals surface area contributed by atoms with Crippen molar-refractivity contribution in [2.45, 2.75) is 38.5 Å². The first-order chi connectivity index (χ1) is 9.94. The number of piperidine rings is 1. The Bertz CT molecular complexity index is 577. The van der Waals surface area contributed by atoms with E-state index < -0.39 is 10.0 Å². The molecule has 0 radical (unpaired) electrons. The van der Waals surface area contributed by atoms with E-state index in [1.54, 1.807) is 16.4 Å². The van der Waals surface area contributed by atoms with Crippen molar-refractivity contribution in [3.63, 3.8) is 0 Å². The quantitative estimate of drug-likeness (QED) is 0.875. The van der Waals surface area contributed by atoms with E-state index in [4.69, 9.17) is 0 Å². The van der Waals surface area contributed by atoms with Gasteiger partial charge in [-0.3, -0.25) is 0 Å². The number of rotatable bonds is 5. The lowest BCUT2D eigenvalue weighted by Gasteiger charge is -2.31. The van der Waals surface area contributed by atoms with Gasteiger partial charge in [-0.05, 0) is 36.8 Å². The molecule has 1 aliphatic rings. The predicted molar refractivity (Wildman–Crippen MR) is 82.0 cm³/mol. The highest BCUT2D eigenvalue weighted by Gasteiger charge is 2.29.